The number of nitrogens with zero attached hydrogens (tertiary/aromatic N) is 4. The minimum Gasteiger partial charge on any atom is -0.456 e. The third-order valence-electron chi connectivity index (χ3n) is 8.05. The standard InChI is InChI=1S/C26H25N5O5/c1-14(32)35-12-24(33)30-10-18-19(11-30)26(18,13-28)23-5-3-16(9-29-23)15-2-4-20-17(6-15)7-21-22(8-27)36-25(34)31(20)21/h2-6,9,18-19,21-22H,7-8,10-12,27H2,1H3/t18?,19?,21-,22?,26?/m0/s1. The van der Waals surface area contributed by atoms with Crippen LogP contribution >= 0.6 is 0 Å². The Hall–Kier alpha value is -3.97. The van der Waals surface area contributed by atoms with Crippen LogP contribution in [0.4, 0.5) is 10.5 Å². The van der Waals surface area contributed by atoms with Gasteiger partial charge in [-0.05, 0) is 35.7 Å². The van der Waals surface area contributed by atoms with Crippen molar-refractivity contribution >= 4 is 23.7 Å². The van der Waals surface area contributed by atoms with E-state index in [1.165, 1.54) is 6.92 Å². The molecule has 1 saturated carbocycles. The first-order valence-corrected chi connectivity index (χ1v) is 12.0. The Balaban J connectivity index is 1.17. The van der Waals surface area contributed by atoms with Gasteiger partial charge < -0.3 is 20.1 Å². The van der Waals surface area contributed by atoms with E-state index in [1.54, 1.807) is 16.0 Å². The van der Waals surface area contributed by atoms with E-state index < -0.39 is 11.4 Å². The molecule has 184 valence electrons. The number of amides is 2. The lowest BCUT2D eigenvalue weighted by Crippen LogP contribution is -2.37. The zero-order chi connectivity index (χ0) is 25.2. The van der Waals surface area contributed by atoms with Crippen LogP contribution in [0.3, 0.4) is 0 Å². The number of benzene rings is 1. The van der Waals surface area contributed by atoms with E-state index in [4.69, 9.17) is 15.2 Å². The molecule has 10 nitrogen and oxygen atoms in total. The number of likely N-dealkylation sites (tertiary alicyclic amines) is 1. The molecule has 2 N–H and O–H groups in total. The number of carbonyl (C=O) groups is 3. The van der Waals surface area contributed by atoms with Gasteiger partial charge in [0.1, 0.15) is 11.5 Å². The lowest BCUT2D eigenvalue weighted by Gasteiger charge is -2.22. The van der Waals surface area contributed by atoms with Gasteiger partial charge in [-0.3, -0.25) is 19.5 Å². The summed E-state index contributed by atoms with van der Waals surface area (Å²) in [4.78, 5) is 43.5. The highest BCUT2D eigenvalue weighted by Gasteiger charge is 2.71. The summed E-state index contributed by atoms with van der Waals surface area (Å²) in [5.74, 6) is -0.693. The molecule has 4 aliphatic rings. The van der Waals surface area contributed by atoms with Crippen molar-refractivity contribution in [2.24, 2.45) is 17.6 Å². The van der Waals surface area contributed by atoms with E-state index in [2.05, 4.69) is 17.1 Å². The third-order valence-corrected chi connectivity index (χ3v) is 8.05. The van der Waals surface area contributed by atoms with Gasteiger partial charge in [0.05, 0.1) is 23.5 Å². The van der Waals surface area contributed by atoms with Crippen molar-refractivity contribution in [3.8, 4) is 17.2 Å². The molecule has 10 heteroatoms. The highest BCUT2D eigenvalue weighted by molar-refractivity contribution is 5.94. The fourth-order valence-electron chi connectivity index (χ4n) is 6.16. The predicted octanol–water partition coefficient (Wildman–Crippen LogP) is 1.37. The molecule has 2 aromatic rings. The van der Waals surface area contributed by atoms with Gasteiger partial charge in [-0.2, -0.15) is 5.26 Å². The number of nitriles is 1. The smallest absolute Gasteiger partial charge is 0.415 e. The summed E-state index contributed by atoms with van der Waals surface area (Å²) >= 11 is 0. The normalized spacial score (nSPS) is 29.2. The molecule has 1 aromatic heterocycles. The van der Waals surface area contributed by atoms with Crippen LogP contribution in [0, 0.1) is 23.2 Å². The second kappa shape index (κ2) is 8.03. The van der Waals surface area contributed by atoms with Crippen LogP contribution in [0.15, 0.2) is 36.5 Å². The largest absolute Gasteiger partial charge is 0.456 e. The number of rotatable bonds is 5. The van der Waals surface area contributed by atoms with Crippen LogP contribution < -0.4 is 10.6 Å². The van der Waals surface area contributed by atoms with Crippen LogP contribution in [0.2, 0.25) is 0 Å². The van der Waals surface area contributed by atoms with Crippen LogP contribution in [0.5, 0.6) is 0 Å². The maximum atomic E-state index is 12.3. The molecule has 36 heavy (non-hydrogen) atoms. The van der Waals surface area contributed by atoms with E-state index in [1.807, 2.05) is 24.3 Å². The van der Waals surface area contributed by atoms with Gasteiger partial charge in [0.15, 0.2) is 6.61 Å². The summed E-state index contributed by atoms with van der Waals surface area (Å²) < 4.78 is 10.2. The first-order valence-electron chi connectivity index (χ1n) is 12.0. The number of carbonyl (C=O) groups excluding carboxylic acids is 3. The molecule has 0 spiro atoms. The van der Waals surface area contributed by atoms with Gasteiger partial charge in [0, 0.05) is 50.2 Å². The number of pyridine rings is 1. The maximum Gasteiger partial charge on any atom is 0.415 e. The number of anilines is 1. The number of piperidine rings is 1. The van der Waals surface area contributed by atoms with Gasteiger partial charge in [-0.15, -0.1) is 0 Å². The molecular formula is C26H25N5O5. The summed E-state index contributed by atoms with van der Waals surface area (Å²) in [7, 11) is 0. The number of aromatic nitrogens is 1. The Morgan fingerprint density at radius 1 is 1.25 bits per heavy atom. The third kappa shape index (κ3) is 3.19. The zero-order valence-corrected chi connectivity index (χ0v) is 19.7. The molecule has 3 unspecified atom stereocenters. The summed E-state index contributed by atoms with van der Waals surface area (Å²) in [6.07, 6.45) is 1.82. The van der Waals surface area contributed by atoms with Gasteiger partial charge in [0.2, 0.25) is 0 Å². The second-order valence-corrected chi connectivity index (χ2v) is 9.85. The van der Waals surface area contributed by atoms with Crippen molar-refractivity contribution in [3.63, 3.8) is 0 Å². The minimum atomic E-state index is -0.697. The number of hydrogen-bond donors (Lipinski definition) is 1. The van der Waals surface area contributed by atoms with Crippen molar-refractivity contribution < 1.29 is 23.9 Å². The van der Waals surface area contributed by atoms with Crippen molar-refractivity contribution in [1.29, 1.82) is 5.26 Å². The average Bonchev–Trinajstić information content (AvgIpc) is 3.26. The highest BCUT2D eigenvalue weighted by Crippen LogP contribution is 2.62. The predicted molar refractivity (Wildman–Crippen MR) is 126 cm³/mol. The molecule has 0 radical (unpaired) electrons. The van der Waals surface area contributed by atoms with Crippen molar-refractivity contribution in [2.75, 3.05) is 31.1 Å². The van der Waals surface area contributed by atoms with Crippen molar-refractivity contribution in [3.05, 3.63) is 47.8 Å². The first-order chi connectivity index (χ1) is 17.4. The molecular weight excluding hydrogens is 462 g/mol. The number of cyclic esters (lactones) is 1. The van der Waals surface area contributed by atoms with Crippen LogP contribution in [0.25, 0.3) is 11.1 Å². The van der Waals surface area contributed by atoms with E-state index >= 15 is 0 Å². The molecule has 2 saturated heterocycles. The lowest BCUT2D eigenvalue weighted by atomic mass is 9.95. The Morgan fingerprint density at radius 2 is 2.00 bits per heavy atom. The van der Waals surface area contributed by atoms with Crippen molar-refractivity contribution in [2.45, 2.75) is 30.9 Å². The zero-order valence-electron chi connectivity index (χ0n) is 19.7. The first kappa shape index (κ1) is 22.5. The Labute approximate surface area is 207 Å². The topological polar surface area (TPSA) is 139 Å². The number of fused-ring (bicyclic) bond motifs is 4. The van der Waals surface area contributed by atoms with Gasteiger partial charge in [0.25, 0.3) is 5.91 Å². The highest BCUT2D eigenvalue weighted by atomic mass is 16.6. The summed E-state index contributed by atoms with van der Waals surface area (Å²) in [6.45, 7) is 2.20. The molecule has 2 amide bonds. The molecule has 4 heterocycles. The second-order valence-electron chi connectivity index (χ2n) is 9.85. The fourth-order valence-corrected chi connectivity index (χ4v) is 6.16. The molecule has 1 aromatic carbocycles. The average molecular weight is 488 g/mol. The van der Waals surface area contributed by atoms with Crippen LogP contribution in [-0.2, 0) is 30.9 Å². The maximum absolute atomic E-state index is 12.3. The van der Waals surface area contributed by atoms with Gasteiger partial charge >= 0.3 is 12.1 Å². The summed E-state index contributed by atoms with van der Waals surface area (Å²) in [6, 6.07) is 12.2. The fraction of sp³-hybridized carbons (Fsp3) is 0.423. The van der Waals surface area contributed by atoms with E-state index in [-0.39, 0.29) is 42.6 Å². The molecule has 6 rings (SSSR count). The quantitative estimate of drug-likeness (QED) is 0.624. The Kier molecular flexibility index (Phi) is 5.02. The van der Waals surface area contributed by atoms with Crippen molar-refractivity contribution in [1.82, 2.24) is 9.88 Å². The van der Waals surface area contributed by atoms with Crippen LogP contribution in [-0.4, -0.2) is 66.2 Å². The minimum absolute atomic E-state index is 0.0193. The Bertz CT molecular complexity index is 1310. The summed E-state index contributed by atoms with van der Waals surface area (Å²) in [5, 5.41) is 10.0. The SMILES string of the molecule is CC(=O)OCC(=O)N1CC2C(C1)C2(C#N)c1ccc(-c2ccc3c(c2)C[C@H]2C(CN)OC(=O)N32)cn1. The monoisotopic (exact) mass is 487 g/mol. The van der Waals surface area contributed by atoms with E-state index in [9.17, 15) is 19.6 Å². The van der Waals surface area contributed by atoms with E-state index in [0.29, 0.717) is 31.7 Å². The Morgan fingerprint density at radius 3 is 2.64 bits per heavy atom. The molecule has 3 fully saturated rings. The summed E-state index contributed by atoms with van der Waals surface area (Å²) in [5.41, 5.74) is 9.63. The number of hydrogen-bond acceptors (Lipinski definition) is 8. The molecule has 4 atom stereocenters. The number of nitrogens with two attached hydrogens (primary N) is 1. The van der Waals surface area contributed by atoms with Crippen LogP contribution in [0.1, 0.15) is 18.2 Å². The van der Waals surface area contributed by atoms with E-state index in [0.717, 1.165) is 22.4 Å². The van der Waals surface area contributed by atoms with Gasteiger partial charge in [-0.25, -0.2) is 4.79 Å². The lowest BCUT2D eigenvalue weighted by molar-refractivity contribution is -0.150. The number of esters is 1. The number of ether oxygens (including phenoxy) is 2. The molecule has 1 aliphatic carbocycles. The van der Waals surface area contributed by atoms with Gasteiger partial charge in [-0.1, -0.05) is 12.1 Å². The molecule has 0 bridgehead atoms. The molecule has 3 aliphatic heterocycles.